The van der Waals surface area contributed by atoms with Crippen molar-refractivity contribution in [1.82, 2.24) is 20.2 Å². The highest BCUT2D eigenvalue weighted by Gasteiger charge is 2.32. The summed E-state index contributed by atoms with van der Waals surface area (Å²) in [5, 5.41) is 10.2. The van der Waals surface area contributed by atoms with Gasteiger partial charge in [-0.3, -0.25) is 0 Å². The molecule has 106 valence electrons. The Morgan fingerprint density at radius 3 is 2.70 bits per heavy atom. The second-order valence-corrected chi connectivity index (χ2v) is 3.84. The number of ether oxygens (including phenoxy) is 1. The summed E-state index contributed by atoms with van der Waals surface area (Å²) in [5.74, 6) is -0.767. The minimum absolute atomic E-state index is 0.0824. The van der Waals surface area contributed by atoms with Crippen LogP contribution in [0, 0.1) is 0 Å². The molecule has 1 aromatic heterocycles. The molecule has 0 aliphatic rings. The van der Waals surface area contributed by atoms with Crippen LogP contribution in [0.4, 0.5) is 13.2 Å². The number of halogens is 3. The van der Waals surface area contributed by atoms with E-state index < -0.39 is 23.8 Å². The molecular formula is C11H9F3N4O2. The summed E-state index contributed by atoms with van der Waals surface area (Å²) >= 11 is 0. The van der Waals surface area contributed by atoms with Crippen LogP contribution in [-0.4, -0.2) is 33.3 Å². The van der Waals surface area contributed by atoms with Gasteiger partial charge >= 0.3 is 12.1 Å². The standard InChI is InChI=1S/C11H9F3N4O2/c1-20-10(19)9(18-6-15-16-17-18)7-3-2-4-8(5-7)11(12,13)14/h2-6,9H,1H3. The van der Waals surface area contributed by atoms with E-state index in [1.165, 1.54) is 12.1 Å². The highest BCUT2D eigenvalue weighted by Crippen LogP contribution is 2.31. The van der Waals surface area contributed by atoms with E-state index >= 15 is 0 Å². The third kappa shape index (κ3) is 2.76. The lowest BCUT2D eigenvalue weighted by Crippen LogP contribution is -2.23. The summed E-state index contributed by atoms with van der Waals surface area (Å²) in [5.41, 5.74) is -0.782. The highest BCUT2D eigenvalue weighted by atomic mass is 19.4. The van der Waals surface area contributed by atoms with Gasteiger partial charge in [-0.15, -0.1) is 5.10 Å². The van der Waals surface area contributed by atoms with Gasteiger partial charge in [-0.2, -0.15) is 13.2 Å². The Labute approximate surface area is 111 Å². The van der Waals surface area contributed by atoms with Crippen LogP contribution in [0.3, 0.4) is 0 Å². The van der Waals surface area contributed by atoms with E-state index in [0.717, 1.165) is 30.3 Å². The van der Waals surface area contributed by atoms with E-state index in [1.54, 1.807) is 0 Å². The summed E-state index contributed by atoms with van der Waals surface area (Å²) in [6.45, 7) is 0. The maximum atomic E-state index is 12.7. The van der Waals surface area contributed by atoms with Crippen LogP contribution >= 0.6 is 0 Å². The van der Waals surface area contributed by atoms with Gasteiger partial charge in [0.1, 0.15) is 6.33 Å². The zero-order valence-electron chi connectivity index (χ0n) is 10.2. The largest absolute Gasteiger partial charge is 0.467 e. The van der Waals surface area contributed by atoms with E-state index in [4.69, 9.17) is 0 Å². The molecule has 1 atom stereocenters. The van der Waals surface area contributed by atoms with Gasteiger partial charge in [-0.25, -0.2) is 9.48 Å². The zero-order valence-corrected chi connectivity index (χ0v) is 10.2. The molecule has 1 heterocycles. The Balaban J connectivity index is 2.47. The summed E-state index contributed by atoms with van der Waals surface area (Å²) in [7, 11) is 1.13. The fourth-order valence-corrected chi connectivity index (χ4v) is 1.68. The average Bonchev–Trinajstić information content (AvgIpc) is 2.92. The first-order valence-corrected chi connectivity index (χ1v) is 5.41. The Morgan fingerprint density at radius 1 is 1.40 bits per heavy atom. The second kappa shape index (κ2) is 5.27. The van der Waals surface area contributed by atoms with Crippen molar-refractivity contribution in [2.45, 2.75) is 12.2 Å². The lowest BCUT2D eigenvalue weighted by molar-refractivity contribution is -0.144. The molecule has 1 unspecified atom stereocenters. The minimum atomic E-state index is -4.50. The number of rotatable bonds is 3. The lowest BCUT2D eigenvalue weighted by Gasteiger charge is -2.16. The van der Waals surface area contributed by atoms with Crippen molar-refractivity contribution in [3.8, 4) is 0 Å². The van der Waals surface area contributed by atoms with E-state index in [-0.39, 0.29) is 5.56 Å². The smallest absolute Gasteiger partial charge is 0.416 e. The van der Waals surface area contributed by atoms with Gasteiger partial charge < -0.3 is 4.74 Å². The molecule has 0 amide bonds. The molecule has 0 bridgehead atoms. The van der Waals surface area contributed by atoms with Gasteiger partial charge in [-0.05, 0) is 28.1 Å². The van der Waals surface area contributed by atoms with Crippen molar-refractivity contribution >= 4 is 5.97 Å². The van der Waals surface area contributed by atoms with Crippen LogP contribution in [-0.2, 0) is 15.7 Å². The maximum Gasteiger partial charge on any atom is 0.416 e. The number of alkyl halides is 3. The van der Waals surface area contributed by atoms with E-state index in [9.17, 15) is 18.0 Å². The van der Waals surface area contributed by atoms with Crippen molar-refractivity contribution in [2.24, 2.45) is 0 Å². The molecule has 9 heteroatoms. The third-order valence-electron chi connectivity index (χ3n) is 2.58. The van der Waals surface area contributed by atoms with Crippen molar-refractivity contribution in [3.63, 3.8) is 0 Å². The van der Waals surface area contributed by atoms with Gasteiger partial charge in [0.15, 0.2) is 6.04 Å². The van der Waals surface area contributed by atoms with Crippen LogP contribution in [0.1, 0.15) is 17.2 Å². The van der Waals surface area contributed by atoms with Crippen LogP contribution in [0.25, 0.3) is 0 Å². The molecule has 0 aliphatic carbocycles. The monoisotopic (exact) mass is 286 g/mol. The summed E-state index contributed by atoms with van der Waals surface area (Å²) in [6, 6.07) is 3.19. The summed E-state index contributed by atoms with van der Waals surface area (Å²) in [4.78, 5) is 11.8. The minimum Gasteiger partial charge on any atom is -0.467 e. The van der Waals surface area contributed by atoms with Crippen molar-refractivity contribution in [2.75, 3.05) is 7.11 Å². The SMILES string of the molecule is COC(=O)C(c1cccc(C(F)(F)F)c1)n1cnnn1. The Morgan fingerprint density at radius 2 is 2.15 bits per heavy atom. The second-order valence-electron chi connectivity index (χ2n) is 3.84. The van der Waals surface area contributed by atoms with Gasteiger partial charge in [-0.1, -0.05) is 12.1 Å². The fraction of sp³-hybridized carbons (Fsp3) is 0.273. The number of nitrogens with zero attached hydrogens (tertiary/aromatic N) is 4. The molecule has 2 rings (SSSR count). The quantitative estimate of drug-likeness (QED) is 0.799. The average molecular weight is 286 g/mol. The molecule has 0 saturated carbocycles. The first-order valence-electron chi connectivity index (χ1n) is 5.41. The number of carbonyl (C=O) groups is 1. The van der Waals surface area contributed by atoms with E-state index in [0.29, 0.717) is 0 Å². The first kappa shape index (κ1) is 14.0. The van der Waals surface area contributed by atoms with Crippen LogP contribution in [0.15, 0.2) is 30.6 Å². The third-order valence-corrected chi connectivity index (χ3v) is 2.58. The normalized spacial score (nSPS) is 13.0. The molecular weight excluding hydrogens is 277 g/mol. The molecule has 6 nitrogen and oxygen atoms in total. The lowest BCUT2D eigenvalue weighted by atomic mass is 10.0. The van der Waals surface area contributed by atoms with E-state index in [2.05, 4.69) is 20.3 Å². The number of carbonyl (C=O) groups excluding carboxylic acids is 1. The predicted octanol–water partition coefficient (Wildman–Crippen LogP) is 1.45. The molecule has 0 spiro atoms. The predicted molar refractivity (Wildman–Crippen MR) is 59.4 cm³/mol. The molecule has 0 aliphatic heterocycles. The van der Waals surface area contributed by atoms with Crippen molar-refractivity contribution in [3.05, 3.63) is 41.7 Å². The van der Waals surface area contributed by atoms with Crippen LogP contribution in [0.2, 0.25) is 0 Å². The highest BCUT2D eigenvalue weighted by molar-refractivity contribution is 5.77. The molecule has 0 radical (unpaired) electrons. The van der Waals surface area contributed by atoms with E-state index in [1.807, 2.05) is 0 Å². The van der Waals surface area contributed by atoms with Crippen LogP contribution < -0.4 is 0 Å². The molecule has 0 N–H and O–H groups in total. The summed E-state index contributed by atoms with van der Waals surface area (Å²) in [6.07, 6.45) is -3.38. The van der Waals surface area contributed by atoms with Crippen LogP contribution in [0.5, 0.6) is 0 Å². The summed E-state index contributed by atoms with van der Waals surface area (Å²) < 4.78 is 43.7. The molecule has 0 saturated heterocycles. The van der Waals surface area contributed by atoms with Gasteiger partial charge in [0, 0.05) is 0 Å². The first-order chi connectivity index (χ1) is 9.43. The van der Waals surface area contributed by atoms with Gasteiger partial charge in [0.05, 0.1) is 12.7 Å². The fourth-order valence-electron chi connectivity index (χ4n) is 1.68. The number of hydrogen-bond acceptors (Lipinski definition) is 5. The maximum absolute atomic E-state index is 12.7. The molecule has 0 fully saturated rings. The van der Waals surface area contributed by atoms with Crippen molar-refractivity contribution in [1.29, 1.82) is 0 Å². The Hall–Kier alpha value is -2.45. The van der Waals surface area contributed by atoms with Crippen molar-refractivity contribution < 1.29 is 22.7 Å². The molecule has 2 aromatic rings. The number of aromatic nitrogens is 4. The van der Waals surface area contributed by atoms with Gasteiger partial charge in [0.2, 0.25) is 0 Å². The topological polar surface area (TPSA) is 69.9 Å². The number of hydrogen-bond donors (Lipinski definition) is 0. The number of esters is 1. The number of tetrazole rings is 1. The zero-order chi connectivity index (χ0) is 14.8. The number of methoxy groups -OCH3 is 1. The molecule has 20 heavy (non-hydrogen) atoms. The van der Waals surface area contributed by atoms with Gasteiger partial charge in [0.25, 0.3) is 0 Å². The molecule has 1 aromatic carbocycles. The Bertz CT molecular complexity index is 598. The Kier molecular flexibility index (Phi) is 3.68. The number of benzene rings is 1.